The molecule has 114 valence electrons. The molecule has 0 aliphatic carbocycles. The first kappa shape index (κ1) is 14.9. The van der Waals surface area contributed by atoms with Gasteiger partial charge in [0, 0.05) is 18.5 Å². The van der Waals surface area contributed by atoms with Gasteiger partial charge in [-0.1, -0.05) is 35.1 Å². The molecule has 3 rings (SSSR count). The molecule has 0 saturated carbocycles. The standard InChI is InChI=1S/C14H13ClN4O2S/c1-19-11(20)6-10(13(21)17-14-18-16-7-22-14)12(19)8-3-2-4-9(15)5-8/h2-5,7,10,12H,6H2,1H3,(H,17,18,21)/t10-,12+/m0/s1. The highest BCUT2D eigenvalue weighted by atomic mass is 35.5. The lowest BCUT2D eigenvalue weighted by Gasteiger charge is -2.24. The molecule has 1 saturated heterocycles. The highest BCUT2D eigenvalue weighted by molar-refractivity contribution is 7.13. The maximum Gasteiger partial charge on any atom is 0.232 e. The number of nitrogens with one attached hydrogen (secondary N) is 1. The zero-order valence-corrected chi connectivity index (χ0v) is 13.3. The Morgan fingerprint density at radius 1 is 1.50 bits per heavy atom. The van der Waals surface area contributed by atoms with E-state index < -0.39 is 5.92 Å². The van der Waals surface area contributed by atoms with Crippen LogP contribution in [0, 0.1) is 5.92 Å². The van der Waals surface area contributed by atoms with Gasteiger partial charge in [-0.3, -0.25) is 9.59 Å². The van der Waals surface area contributed by atoms with Crippen molar-refractivity contribution in [1.82, 2.24) is 15.1 Å². The number of carbonyl (C=O) groups excluding carboxylic acids is 2. The number of nitrogens with zero attached hydrogens (tertiary/aromatic N) is 3. The van der Waals surface area contributed by atoms with Crippen molar-refractivity contribution in [2.45, 2.75) is 12.5 Å². The lowest BCUT2D eigenvalue weighted by molar-refractivity contribution is -0.127. The molecule has 0 unspecified atom stereocenters. The van der Waals surface area contributed by atoms with Crippen molar-refractivity contribution in [3.63, 3.8) is 0 Å². The zero-order valence-electron chi connectivity index (χ0n) is 11.7. The number of hydrogen-bond donors (Lipinski definition) is 1. The van der Waals surface area contributed by atoms with Gasteiger partial charge in [-0.2, -0.15) is 0 Å². The summed E-state index contributed by atoms with van der Waals surface area (Å²) >= 11 is 7.27. The third kappa shape index (κ3) is 2.82. The molecule has 0 radical (unpaired) electrons. The van der Waals surface area contributed by atoms with Crippen molar-refractivity contribution >= 4 is 39.9 Å². The first-order valence-electron chi connectivity index (χ1n) is 6.64. The fourth-order valence-electron chi connectivity index (χ4n) is 2.68. The van der Waals surface area contributed by atoms with Gasteiger partial charge in [0.1, 0.15) is 5.51 Å². The van der Waals surface area contributed by atoms with Crippen LogP contribution in [0.5, 0.6) is 0 Å². The topological polar surface area (TPSA) is 75.2 Å². The first-order valence-corrected chi connectivity index (χ1v) is 7.90. The van der Waals surface area contributed by atoms with E-state index in [-0.39, 0.29) is 24.3 Å². The normalized spacial score (nSPS) is 21.2. The lowest BCUT2D eigenvalue weighted by atomic mass is 9.93. The zero-order chi connectivity index (χ0) is 15.7. The molecule has 1 N–H and O–H groups in total. The van der Waals surface area contributed by atoms with Gasteiger partial charge in [-0.15, -0.1) is 10.2 Å². The van der Waals surface area contributed by atoms with E-state index >= 15 is 0 Å². The third-order valence-corrected chi connectivity index (χ3v) is 4.55. The molecule has 1 fully saturated rings. The smallest absolute Gasteiger partial charge is 0.232 e. The quantitative estimate of drug-likeness (QED) is 0.933. The molecular formula is C14H13ClN4O2S. The second-order valence-electron chi connectivity index (χ2n) is 5.05. The summed E-state index contributed by atoms with van der Waals surface area (Å²) in [5, 5.41) is 11.2. The number of carbonyl (C=O) groups is 2. The third-order valence-electron chi connectivity index (χ3n) is 3.70. The van der Waals surface area contributed by atoms with Crippen LogP contribution in [0.1, 0.15) is 18.0 Å². The number of halogens is 1. The maximum atomic E-state index is 12.5. The molecule has 0 spiro atoms. The Morgan fingerprint density at radius 2 is 2.32 bits per heavy atom. The molecule has 8 heteroatoms. The van der Waals surface area contributed by atoms with Gasteiger partial charge in [0.2, 0.25) is 16.9 Å². The minimum Gasteiger partial charge on any atom is -0.338 e. The monoisotopic (exact) mass is 336 g/mol. The molecule has 22 heavy (non-hydrogen) atoms. The van der Waals surface area contributed by atoms with Gasteiger partial charge in [-0.25, -0.2) is 0 Å². The van der Waals surface area contributed by atoms with Gasteiger partial charge in [0.15, 0.2) is 0 Å². The van der Waals surface area contributed by atoms with Gasteiger partial charge in [0.25, 0.3) is 0 Å². The van der Waals surface area contributed by atoms with E-state index in [9.17, 15) is 9.59 Å². The number of benzene rings is 1. The van der Waals surface area contributed by atoms with Crippen LogP contribution in [0.3, 0.4) is 0 Å². The molecule has 6 nitrogen and oxygen atoms in total. The number of likely N-dealkylation sites (tertiary alicyclic amines) is 1. The molecule has 2 aromatic rings. The van der Waals surface area contributed by atoms with E-state index in [1.807, 2.05) is 12.1 Å². The van der Waals surface area contributed by atoms with E-state index in [0.29, 0.717) is 10.2 Å². The lowest BCUT2D eigenvalue weighted by Crippen LogP contribution is -2.30. The number of aromatic nitrogens is 2. The van der Waals surface area contributed by atoms with Gasteiger partial charge < -0.3 is 10.2 Å². The van der Waals surface area contributed by atoms with Crippen LogP contribution in [0.4, 0.5) is 5.13 Å². The number of rotatable bonds is 3. The fraction of sp³-hybridized carbons (Fsp3) is 0.286. The summed E-state index contributed by atoms with van der Waals surface area (Å²) in [6.07, 6.45) is 0.165. The average Bonchev–Trinajstić information content (AvgIpc) is 3.08. The molecule has 1 aromatic heterocycles. The van der Waals surface area contributed by atoms with Crippen LogP contribution in [0.2, 0.25) is 5.02 Å². The summed E-state index contributed by atoms with van der Waals surface area (Å²) in [6, 6.07) is 6.90. The van der Waals surface area contributed by atoms with Crippen LogP contribution >= 0.6 is 22.9 Å². The minimum atomic E-state index is -0.486. The van der Waals surface area contributed by atoms with Gasteiger partial charge >= 0.3 is 0 Å². The van der Waals surface area contributed by atoms with Crippen LogP contribution in [-0.2, 0) is 9.59 Å². The maximum absolute atomic E-state index is 12.5. The highest BCUT2D eigenvalue weighted by Gasteiger charge is 2.42. The Morgan fingerprint density at radius 3 is 3.00 bits per heavy atom. The largest absolute Gasteiger partial charge is 0.338 e. The Balaban J connectivity index is 1.88. The van der Waals surface area contributed by atoms with Crippen molar-refractivity contribution in [1.29, 1.82) is 0 Å². The van der Waals surface area contributed by atoms with Crippen LogP contribution in [-0.4, -0.2) is 34.0 Å². The Labute approximate surface area is 136 Å². The Bertz CT molecular complexity index is 707. The van der Waals surface area contributed by atoms with E-state index in [4.69, 9.17) is 11.6 Å². The second-order valence-corrected chi connectivity index (χ2v) is 6.32. The molecule has 1 aliphatic heterocycles. The summed E-state index contributed by atoms with van der Waals surface area (Å²) in [7, 11) is 1.70. The predicted octanol–water partition coefficient (Wildman–Crippen LogP) is 2.35. The molecule has 2 heterocycles. The average molecular weight is 337 g/mol. The van der Waals surface area contributed by atoms with Crippen molar-refractivity contribution < 1.29 is 9.59 Å². The SMILES string of the molecule is CN1C(=O)C[C@H](C(=O)Nc2nncs2)[C@H]1c1cccc(Cl)c1. The summed E-state index contributed by atoms with van der Waals surface area (Å²) in [4.78, 5) is 26.1. The minimum absolute atomic E-state index is 0.0672. The van der Waals surface area contributed by atoms with E-state index in [2.05, 4.69) is 15.5 Å². The van der Waals surface area contributed by atoms with Gasteiger partial charge in [0.05, 0.1) is 12.0 Å². The molecule has 2 atom stereocenters. The Kier molecular flexibility index (Phi) is 4.08. The van der Waals surface area contributed by atoms with Crippen molar-refractivity contribution in [2.75, 3.05) is 12.4 Å². The summed E-state index contributed by atoms with van der Waals surface area (Å²) in [6.45, 7) is 0. The predicted molar refractivity (Wildman–Crippen MR) is 83.6 cm³/mol. The molecule has 1 aliphatic rings. The molecule has 0 bridgehead atoms. The highest BCUT2D eigenvalue weighted by Crippen LogP contribution is 2.38. The first-order chi connectivity index (χ1) is 10.6. The van der Waals surface area contributed by atoms with E-state index in [1.54, 1.807) is 24.1 Å². The Hall–Kier alpha value is -1.99. The molecule has 1 aromatic carbocycles. The second kappa shape index (κ2) is 6.02. The summed E-state index contributed by atoms with van der Waals surface area (Å²) < 4.78 is 0. The van der Waals surface area contributed by atoms with Crippen molar-refractivity contribution in [3.05, 3.63) is 40.4 Å². The summed E-state index contributed by atoms with van der Waals surface area (Å²) in [5.74, 6) is -0.790. The fourth-order valence-corrected chi connectivity index (χ4v) is 3.32. The van der Waals surface area contributed by atoms with E-state index in [1.165, 1.54) is 16.8 Å². The van der Waals surface area contributed by atoms with Crippen molar-refractivity contribution in [2.24, 2.45) is 5.92 Å². The van der Waals surface area contributed by atoms with Gasteiger partial charge in [-0.05, 0) is 17.7 Å². The van der Waals surface area contributed by atoms with Crippen LogP contribution in [0.15, 0.2) is 29.8 Å². The molecular weight excluding hydrogens is 324 g/mol. The van der Waals surface area contributed by atoms with Crippen LogP contribution < -0.4 is 5.32 Å². The van der Waals surface area contributed by atoms with Crippen molar-refractivity contribution in [3.8, 4) is 0 Å². The summed E-state index contributed by atoms with van der Waals surface area (Å²) in [5.41, 5.74) is 2.38. The van der Waals surface area contributed by atoms with Crippen LogP contribution in [0.25, 0.3) is 0 Å². The molecule has 2 amide bonds. The van der Waals surface area contributed by atoms with E-state index in [0.717, 1.165) is 5.56 Å². The number of hydrogen-bond acceptors (Lipinski definition) is 5. The number of amides is 2. The number of anilines is 1.